The van der Waals surface area contributed by atoms with Crippen molar-refractivity contribution in [2.45, 2.75) is 25.4 Å². The number of ether oxygens (including phenoxy) is 1. The molecule has 0 aliphatic heterocycles. The van der Waals surface area contributed by atoms with Gasteiger partial charge in [0, 0.05) is 18.2 Å². The van der Waals surface area contributed by atoms with Gasteiger partial charge in [-0.15, -0.1) is 10.2 Å². The van der Waals surface area contributed by atoms with Crippen molar-refractivity contribution in [2.24, 2.45) is 0 Å². The predicted octanol–water partition coefficient (Wildman–Crippen LogP) is 1.66. The third kappa shape index (κ3) is 4.40. The Labute approximate surface area is 215 Å². The van der Waals surface area contributed by atoms with Crippen molar-refractivity contribution in [1.82, 2.24) is 50.8 Å². The zero-order chi connectivity index (χ0) is 26.1. The van der Waals surface area contributed by atoms with Crippen molar-refractivity contribution in [3.63, 3.8) is 0 Å². The Balaban J connectivity index is 1.21. The molecule has 0 saturated heterocycles. The number of fused-ring (bicyclic) bond motifs is 2. The largest absolute Gasteiger partial charge is 0.497 e. The van der Waals surface area contributed by atoms with Gasteiger partial charge < -0.3 is 15.4 Å². The van der Waals surface area contributed by atoms with Crippen LogP contribution in [0.5, 0.6) is 5.75 Å². The van der Waals surface area contributed by atoms with Gasteiger partial charge in [-0.2, -0.15) is 19.8 Å². The molecule has 3 aromatic heterocycles. The van der Waals surface area contributed by atoms with Crippen molar-refractivity contribution in [3.05, 3.63) is 82.9 Å². The number of amides is 2. The lowest BCUT2D eigenvalue weighted by atomic mass is 10.0. The molecule has 5 aromatic rings. The highest BCUT2D eigenvalue weighted by atomic mass is 16.5. The number of carbonyl (C=O) groups excluding carboxylic acids is 2. The fourth-order valence-electron chi connectivity index (χ4n) is 4.57. The van der Waals surface area contributed by atoms with Gasteiger partial charge in [0.25, 0.3) is 17.6 Å². The van der Waals surface area contributed by atoms with Gasteiger partial charge in [0.2, 0.25) is 5.82 Å². The quantitative estimate of drug-likeness (QED) is 0.295. The zero-order valence-electron chi connectivity index (χ0n) is 20.3. The molecule has 2 aromatic carbocycles. The number of carbonyl (C=O) groups is 2. The Kier molecular flexibility index (Phi) is 5.92. The molecule has 0 bridgehead atoms. The summed E-state index contributed by atoms with van der Waals surface area (Å²) in [5.74, 6) is 0.541. The Morgan fingerprint density at radius 2 is 2.08 bits per heavy atom. The van der Waals surface area contributed by atoms with E-state index in [1.807, 2.05) is 42.5 Å². The number of aromatic amines is 1. The molecule has 0 radical (unpaired) electrons. The summed E-state index contributed by atoms with van der Waals surface area (Å²) < 4.78 is 6.55. The molecule has 0 unspecified atom stereocenters. The van der Waals surface area contributed by atoms with Gasteiger partial charge in [0.1, 0.15) is 23.5 Å². The van der Waals surface area contributed by atoms with Crippen molar-refractivity contribution < 1.29 is 14.3 Å². The van der Waals surface area contributed by atoms with Crippen molar-refractivity contribution in [1.29, 1.82) is 0 Å². The second-order valence-corrected chi connectivity index (χ2v) is 8.75. The minimum absolute atomic E-state index is 0.0649. The van der Waals surface area contributed by atoms with Crippen LogP contribution in [0.15, 0.2) is 54.9 Å². The standard InChI is InChI=1S/C25H22N10O3/c1-38-17-4-2-3-14(9-17)12-26-23(36)20-11-21(35-25(30-20)27-13-28-35)24(37)29-19-8-6-15-10-16(5-7-18(15)19)22-31-33-34-32-22/h2-5,7,9-11,13,19H,6,8,12H2,1H3,(H,26,36)(H,29,37)(H,31,32,33,34)/t19-/m0/s1. The minimum atomic E-state index is -0.437. The number of aromatic nitrogens is 8. The van der Waals surface area contributed by atoms with Gasteiger partial charge in [0.05, 0.1) is 13.2 Å². The third-order valence-corrected chi connectivity index (χ3v) is 6.43. The van der Waals surface area contributed by atoms with E-state index in [1.54, 1.807) is 7.11 Å². The Morgan fingerprint density at radius 1 is 1.16 bits per heavy atom. The number of hydrogen-bond acceptors (Lipinski definition) is 9. The van der Waals surface area contributed by atoms with Gasteiger partial charge in [-0.05, 0) is 52.9 Å². The lowest BCUT2D eigenvalue weighted by Crippen LogP contribution is -2.30. The predicted molar refractivity (Wildman–Crippen MR) is 133 cm³/mol. The second-order valence-electron chi connectivity index (χ2n) is 8.75. The molecule has 0 fully saturated rings. The summed E-state index contributed by atoms with van der Waals surface area (Å²) in [5.41, 5.74) is 4.07. The highest BCUT2D eigenvalue weighted by molar-refractivity contribution is 5.98. The van der Waals surface area contributed by atoms with Crippen LogP contribution in [0.1, 0.15) is 50.1 Å². The number of H-pyrrole nitrogens is 1. The van der Waals surface area contributed by atoms with Crippen LogP contribution >= 0.6 is 0 Å². The van der Waals surface area contributed by atoms with Gasteiger partial charge in [-0.1, -0.05) is 24.3 Å². The number of aryl methyl sites for hydroxylation is 1. The van der Waals surface area contributed by atoms with Crippen LogP contribution in [0, 0.1) is 0 Å². The molecule has 1 aliphatic carbocycles. The van der Waals surface area contributed by atoms with E-state index >= 15 is 0 Å². The molecule has 0 saturated carbocycles. The zero-order valence-corrected chi connectivity index (χ0v) is 20.3. The Morgan fingerprint density at radius 3 is 2.92 bits per heavy atom. The highest BCUT2D eigenvalue weighted by Gasteiger charge is 2.27. The molecule has 3 N–H and O–H groups in total. The normalized spacial score (nSPS) is 14.3. The average Bonchev–Trinajstić information content (AvgIpc) is 3.72. The van der Waals surface area contributed by atoms with Crippen LogP contribution in [0.25, 0.3) is 17.2 Å². The number of nitrogens with zero attached hydrogens (tertiary/aromatic N) is 7. The number of hydrogen-bond donors (Lipinski definition) is 3. The maximum Gasteiger partial charge on any atom is 0.270 e. The smallest absolute Gasteiger partial charge is 0.270 e. The summed E-state index contributed by atoms with van der Waals surface area (Å²) in [7, 11) is 1.58. The molecule has 1 atom stereocenters. The molecule has 13 nitrogen and oxygen atoms in total. The molecule has 38 heavy (non-hydrogen) atoms. The number of nitrogens with one attached hydrogen (secondary N) is 3. The summed E-state index contributed by atoms with van der Waals surface area (Å²) in [6.45, 7) is 0.266. The maximum atomic E-state index is 13.4. The van der Waals surface area contributed by atoms with Crippen LogP contribution < -0.4 is 15.4 Å². The molecule has 2 amide bonds. The second kappa shape index (κ2) is 9.69. The summed E-state index contributed by atoms with van der Waals surface area (Å²) in [6.07, 6.45) is 2.82. The van der Waals surface area contributed by atoms with E-state index in [0.29, 0.717) is 11.6 Å². The SMILES string of the molecule is COc1cccc(CNC(=O)c2cc(C(=O)N[C@H]3CCc4cc(-c5nn[nH]n5)ccc43)n3ncnc3n2)c1. The van der Waals surface area contributed by atoms with Gasteiger partial charge in [0.15, 0.2) is 0 Å². The van der Waals surface area contributed by atoms with E-state index in [-0.39, 0.29) is 35.7 Å². The molecule has 0 spiro atoms. The van der Waals surface area contributed by atoms with Crippen LogP contribution in [0.2, 0.25) is 0 Å². The minimum Gasteiger partial charge on any atom is -0.497 e. The average molecular weight is 511 g/mol. The van der Waals surface area contributed by atoms with Crippen molar-refractivity contribution in [2.75, 3.05) is 7.11 Å². The lowest BCUT2D eigenvalue weighted by Gasteiger charge is -2.15. The maximum absolute atomic E-state index is 13.4. The lowest BCUT2D eigenvalue weighted by molar-refractivity contribution is 0.0929. The molecule has 6 rings (SSSR count). The van der Waals surface area contributed by atoms with Crippen molar-refractivity contribution in [3.8, 4) is 17.1 Å². The Hall–Kier alpha value is -5.20. The summed E-state index contributed by atoms with van der Waals surface area (Å²) in [6, 6.07) is 14.5. The molecular formula is C25H22N10O3. The first kappa shape index (κ1) is 23.2. The van der Waals surface area contributed by atoms with E-state index in [2.05, 4.69) is 46.3 Å². The van der Waals surface area contributed by atoms with Gasteiger partial charge in [-0.3, -0.25) is 9.59 Å². The number of benzene rings is 2. The first-order valence-electron chi connectivity index (χ1n) is 11.9. The molecule has 190 valence electrons. The van der Waals surface area contributed by atoms with E-state index in [0.717, 1.165) is 35.1 Å². The monoisotopic (exact) mass is 510 g/mol. The third-order valence-electron chi connectivity index (χ3n) is 6.43. The van der Waals surface area contributed by atoms with Crippen LogP contribution in [-0.2, 0) is 13.0 Å². The van der Waals surface area contributed by atoms with Crippen molar-refractivity contribution >= 4 is 17.6 Å². The van der Waals surface area contributed by atoms with E-state index in [4.69, 9.17) is 4.74 Å². The van der Waals surface area contributed by atoms with E-state index in [1.165, 1.54) is 16.9 Å². The first-order valence-corrected chi connectivity index (χ1v) is 11.9. The fourth-order valence-corrected chi connectivity index (χ4v) is 4.57. The highest BCUT2D eigenvalue weighted by Crippen LogP contribution is 2.33. The van der Waals surface area contributed by atoms with Gasteiger partial charge >= 0.3 is 0 Å². The number of methoxy groups -OCH3 is 1. The topological polar surface area (TPSA) is 165 Å². The van der Waals surface area contributed by atoms with E-state index in [9.17, 15) is 9.59 Å². The Bertz CT molecular complexity index is 1650. The number of tetrazole rings is 1. The summed E-state index contributed by atoms with van der Waals surface area (Å²) >= 11 is 0. The van der Waals surface area contributed by atoms with Crippen LogP contribution in [0.3, 0.4) is 0 Å². The molecular weight excluding hydrogens is 488 g/mol. The summed E-state index contributed by atoms with van der Waals surface area (Å²) in [4.78, 5) is 34.7. The molecule has 3 heterocycles. The molecule has 13 heteroatoms. The van der Waals surface area contributed by atoms with Gasteiger partial charge in [-0.25, -0.2) is 4.98 Å². The van der Waals surface area contributed by atoms with E-state index < -0.39 is 5.91 Å². The fraction of sp³-hybridized carbons (Fsp3) is 0.200. The number of rotatable bonds is 7. The van der Waals surface area contributed by atoms with Crippen LogP contribution in [0.4, 0.5) is 0 Å². The first-order chi connectivity index (χ1) is 18.6. The summed E-state index contributed by atoms with van der Waals surface area (Å²) in [5, 5.41) is 24.1. The molecule has 1 aliphatic rings. The van der Waals surface area contributed by atoms with Crippen LogP contribution in [-0.4, -0.2) is 59.1 Å².